The number of imidazole rings is 1. The van der Waals surface area contributed by atoms with Gasteiger partial charge >= 0.3 is 0 Å². The molecule has 0 radical (unpaired) electrons. The van der Waals surface area contributed by atoms with Crippen molar-refractivity contribution in [1.29, 1.82) is 0 Å². The average molecular weight is 481 g/mol. The van der Waals surface area contributed by atoms with Gasteiger partial charge in [0.05, 0.1) is 24.8 Å². The molecule has 5 rings (SSSR count). The first-order valence-electron chi connectivity index (χ1n) is 11.4. The highest BCUT2D eigenvalue weighted by Crippen LogP contribution is 2.41. The molecular weight excluding hydrogens is 454 g/mol. The monoisotopic (exact) mass is 480 g/mol. The molecule has 0 amide bonds. The van der Waals surface area contributed by atoms with Crippen molar-refractivity contribution in [2.45, 2.75) is 32.4 Å². The number of aromatic nitrogens is 2. The number of halogens is 2. The first kappa shape index (κ1) is 23.0. The lowest BCUT2D eigenvalue weighted by Crippen LogP contribution is -2.51. The molecule has 1 N–H and O–H groups in total. The van der Waals surface area contributed by atoms with Crippen LogP contribution in [0.5, 0.6) is 5.75 Å². The van der Waals surface area contributed by atoms with E-state index in [0.29, 0.717) is 23.7 Å². The van der Waals surface area contributed by atoms with E-state index in [1.54, 1.807) is 13.4 Å². The highest BCUT2D eigenvalue weighted by molar-refractivity contribution is 6.03. The van der Waals surface area contributed by atoms with Crippen molar-refractivity contribution < 1.29 is 23.5 Å². The minimum Gasteiger partial charge on any atom is -0.495 e. The molecule has 1 fully saturated rings. The molecule has 1 unspecified atom stereocenters. The Labute approximate surface area is 201 Å². The Hall–Kier alpha value is -3.72. The van der Waals surface area contributed by atoms with Gasteiger partial charge in [0, 0.05) is 18.3 Å². The first-order valence-corrected chi connectivity index (χ1v) is 11.4. The van der Waals surface area contributed by atoms with Gasteiger partial charge < -0.3 is 24.1 Å². The second-order valence-corrected chi connectivity index (χ2v) is 8.82. The highest BCUT2D eigenvalue weighted by Gasteiger charge is 2.49. The van der Waals surface area contributed by atoms with Crippen molar-refractivity contribution in [3.05, 3.63) is 82.4 Å². The lowest BCUT2D eigenvalue weighted by Gasteiger charge is -2.39. The minimum absolute atomic E-state index is 0.137. The number of methoxy groups -OCH3 is 1. The maximum atomic E-state index is 14.2. The average Bonchev–Trinajstić information content (AvgIpc) is 3.47. The van der Waals surface area contributed by atoms with Gasteiger partial charge in [-0.15, -0.1) is 0 Å². The lowest BCUT2D eigenvalue weighted by molar-refractivity contribution is -0.137. The van der Waals surface area contributed by atoms with E-state index in [1.807, 2.05) is 46.9 Å². The van der Waals surface area contributed by atoms with Gasteiger partial charge in [0.15, 0.2) is 17.5 Å². The molecule has 2 aromatic carbocycles. The van der Waals surface area contributed by atoms with Gasteiger partial charge in [-0.1, -0.05) is 11.2 Å². The van der Waals surface area contributed by atoms with Crippen LogP contribution in [0.4, 0.5) is 8.78 Å². The molecule has 3 aromatic rings. The van der Waals surface area contributed by atoms with Gasteiger partial charge in [-0.25, -0.2) is 13.8 Å². The minimum atomic E-state index is -1.41. The maximum absolute atomic E-state index is 14.2. The largest absolute Gasteiger partial charge is 0.495 e. The lowest BCUT2D eigenvalue weighted by atomic mass is 9.94. The van der Waals surface area contributed by atoms with Crippen LogP contribution in [0.2, 0.25) is 0 Å². The Kier molecular flexibility index (Phi) is 5.80. The quantitative estimate of drug-likeness (QED) is 0.585. The van der Waals surface area contributed by atoms with E-state index < -0.39 is 24.0 Å². The molecule has 7 nitrogen and oxygen atoms in total. The molecule has 0 bridgehead atoms. The Morgan fingerprint density at radius 3 is 2.74 bits per heavy atom. The number of aliphatic hydroxyl groups is 1. The Morgan fingerprint density at radius 2 is 2.06 bits per heavy atom. The predicted molar refractivity (Wildman–Crippen MR) is 127 cm³/mol. The summed E-state index contributed by atoms with van der Waals surface area (Å²) < 4.78 is 35.7. The fraction of sp³-hybridized carbons (Fsp3) is 0.308. The summed E-state index contributed by atoms with van der Waals surface area (Å²) in [6, 6.07) is 8.43. The number of rotatable bonds is 5. The van der Waals surface area contributed by atoms with Crippen molar-refractivity contribution in [3.8, 4) is 11.4 Å². The van der Waals surface area contributed by atoms with E-state index in [9.17, 15) is 13.9 Å². The van der Waals surface area contributed by atoms with Gasteiger partial charge in [-0.05, 0) is 73.7 Å². The van der Waals surface area contributed by atoms with Crippen LogP contribution in [0.15, 0.2) is 53.6 Å². The maximum Gasteiger partial charge on any atom is 0.260 e. The summed E-state index contributed by atoms with van der Waals surface area (Å²) >= 11 is 0. The van der Waals surface area contributed by atoms with Crippen LogP contribution in [0, 0.1) is 25.5 Å². The molecule has 1 atom stereocenters. The number of fused-ring (bicyclic) bond motifs is 1. The van der Waals surface area contributed by atoms with Crippen LogP contribution in [0.25, 0.3) is 11.8 Å². The summed E-state index contributed by atoms with van der Waals surface area (Å²) in [6.45, 7) is 3.49. The topological polar surface area (TPSA) is 72.1 Å². The number of aliphatic hydroxyl groups excluding tert-OH is 1. The van der Waals surface area contributed by atoms with Crippen LogP contribution in [-0.4, -0.2) is 45.7 Å². The number of hydrogen-bond acceptors (Lipinski definition) is 6. The van der Waals surface area contributed by atoms with Crippen LogP contribution in [0.1, 0.15) is 35.2 Å². The number of amidine groups is 1. The Morgan fingerprint density at radius 1 is 1.23 bits per heavy atom. The summed E-state index contributed by atoms with van der Waals surface area (Å²) in [5.74, 6) is -0.640. The third-order valence-corrected chi connectivity index (χ3v) is 6.50. The molecule has 1 aromatic heterocycles. The summed E-state index contributed by atoms with van der Waals surface area (Å²) in [5, 5.41) is 14.6. The molecular formula is C26H26F2N4O3. The number of aryl methyl sites for hydroxylation is 2. The molecule has 2 aliphatic heterocycles. The van der Waals surface area contributed by atoms with Gasteiger partial charge in [0.2, 0.25) is 0 Å². The van der Waals surface area contributed by atoms with Crippen molar-refractivity contribution in [3.63, 3.8) is 0 Å². The zero-order valence-corrected chi connectivity index (χ0v) is 19.8. The number of ether oxygens (including phenoxy) is 1. The number of nitrogens with zero attached hydrogens (tertiary/aromatic N) is 4. The number of piperidine rings is 1. The van der Waals surface area contributed by atoms with Crippen LogP contribution < -0.4 is 4.74 Å². The third-order valence-electron chi connectivity index (χ3n) is 6.50. The van der Waals surface area contributed by atoms with Crippen LogP contribution >= 0.6 is 0 Å². The van der Waals surface area contributed by atoms with Crippen molar-refractivity contribution in [1.82, 2.24) is 14.5 Å². The molecule has 182 valence electrons. The zero-order chi connectivity index (χ0) is 24.7. The normalized spacial score (nSPS) is 20.6. The number of hydrogen-bond donors (Lipinski definition) is 1. The molecule has 0 aliphatic carbocycles. The summed E-state index contributed by atoms with van der Waals surface area (Å²) in [5.41, 5.74) is 2.65. The van der Waals surface area contributed by atoms with Crippen LogP contribution in [0.3, 0.4) is 0 Å². The Balaban J connectivity index is 1.49. The summed E-state index contributed by atoms with van der Waals surface area (Å²) in [6.07, 6.45) is 7.20. The molecule has 1 saturated heterocycles. The molecule has 35 heavy (non-hydrogen) atoms. The predicted octanol–water partition coefficient (Wildman–Crippen LogP) is 4.44. The van der Waals surface area contributed by atoms with Gasteiger partial charge in [0.25, 0.3) is 5.72 Å². The van der Waals surface area contributed by atoms with E-state index in [4.69, 9.17) is 9.57 Å². The summed E-state index contributed by atoms with van der Waals surface area (Å²) in [4.78, 5) is 11.9. The highest BCUT2D eigenvalue weighted by atomic mass is 19.2. The number of oxime groups is 1. The molecule has 2 aliphatic rings. The molecule has 3 heterocycles. The molecule has 9 heteroatoms. The Bertz CT molecular complexity index is 1330. The van der Waals surface area contributed by atoms with Crippen LogP contribution in [-0.2, 0) is 10.6 Å². The van der Waals surface area contributed by atoms with Gasteiger partial charge in [0.1, 0.15) is 12.4 Å². The van der Waals surface area contributed by atoms with E-state index in [2.05, 4.69) is 10.1 Å². The zero-order valence-electron chi connectivity index (χ0n) is 19.8. The smallest absolute Gasteiger partial charge is 0.260 e. The second kappa shape index (κ2) is 8.81. The standard InChI is InChI=1S/C26H26F2N4O3/c1-16-9-20(12-21(27)24(16)28)26(14-33)32-8-4-5-19(25(32)30-35-26)10-18-6-7-22(23(11-18)34-3)31-13-17(2)29-15-31/h6-7,9-13,15,33H,4-5,8,14H2,1-3H3/b19-10+. The number of benzene rings is 2. The van der Waals surface area contributed by atoms with Crippen molar-refractivity contribution in [2.24, 2.45) is 5.16 Å². The van der Waals surface area contributed by atoms with Crippen molar-refractivity contribution >= 4 is 11.9 Å². The van der Waals surface area contributed by atoms with E-state index in [0.717, 1.165) is 41.4 Å². The van der Waals surface area contributed by atoms with Gasteiger partial charge in [-0.3, -0.25) is 0 Å². The third kappa shape index (κ3) is 3.85. The fourth-order valence-corrected chi connectivity index (χ4v) is 4.70. The van der Waals surface area contributed by atoms with E-state index in [-0.39, 0.29) is 5.56 Å². The fourth-order valence-electron chi connectivity index (χ4n) is 4.70. The molecule has 0 saturated carbocycles. The SMILES string of the molecule is COc1cc(/C=C2\CCCN3C2=NOC3(CO)c2cc(C)c(F)c(F)c2)ccc1-n1cnc(C)c1. The van der Waals surface area contributed by atoms with Crippen molar-refractivity contribution in [2.75, 3.05) is 20.3 Å². The van der Waals surface area contributed by atoms with Gasteiger partial charge in [-0.2, -0.15) is 0 Å². The molecule has 0 spiro atoms. The van der Waals surface area contributed by atoms with E-state index >= 15 is 0 Å². The summed E-state index contributed by atoms with van der Waals surface area (Å²) in [7, 11) is 1.62. The second-order valence-electron chi connectivity index (χ2n) is 8.82. The van der Waals surface area contributed by atoms with E-state index in [1.165, 1.54) is 13.0 Å². The first-order chi connectivity index (χ1) is 16.9.